The molecule has 0 bridgehead atoms. The van der Waals surface area contributed by atoms with E-state index in [0.29, 0.717) is 0 Å². The van der Waals surface area contributed by atoms with Gasteiger partial charge in [-0.2, -0.15) is 0 Å². The first-order valence-electron chi connectivity index (χ1n) is 6.63. The number of fused-ring (bicyclic) bond motifs is 1. The fourth-order valence-electron chi connectivity index (χ4n) is 2.40. The molecule has 104 valence electrons. The lowest BCUT2D eigenvalue weighted by Crippen LogP contribution is -2.36. The minimum absolute atomic E-state index is 0.0519. The SMILES string of the molecule is CC(C)(C)OC(=O)N[C@@H]1CCCc2c(Br)cccc21. The highest BCUT2D eigenvalue weighted by molar-refractivity contribution is 9.10. The Morgan fingerprint density at radius 2 is 2.16 bits per heavy atom. The third kappa shape index (κ3) is 3.72. The minimum Gasteiger partial charge on any atom is -0.444 e. The Morgan fingerprint density at radius 3 is 2.84 bits per heavy atom. The van der Waals surface area contributed by atoms with Crippen molar-refractivity contribution in [2.24, 2.45) is 0 Å². The van der Waals surface area contributed by atoms with E-state index >= 15 is 0 Å². The fourth-order valence-corrected chi connectivity index (χ4v) is 2.98. The van der Waals surface area contributed by atoms with Crippen molar-refractivity contribution in [2.75, 3.05) is 0 Å². The summed E-state index contributed by atoms with van der Waals surface area (Å²) in [4.78, 5) is 11.9. The molecular weight excluding hydrogens is 306 g/mol. The van der Waals surface area contributed by atoms with E-state index in [4.69, 9.17) is 4.74 Å². The molecule has 2 rings (SSSR count). The smallest absolute Gasteiger partial charge is 0.408 e. The number of hydrogen-bond donors (Lipinski definition) is 1. The van der Waals surface area contributed by atoms with Gasteiger partial charge in [-0.3, -0.25) is 0 Å². The second-order valence-electron chi connectivity index (χ2n) is 5.90. The van der Waals surface area contributed by atoms with Crippen LogP contribution in [0.5, 0.6) is 0 Å². The fraction of sp³-hybridized carbons (Fsp3) is 0.533. The zero-order valence-corrected chi connectivity index (χ0v) is 13.2. The molecule has 1 aromatic carbocycles. The third-order valence-electron chi connectivity index (χ3n) is 3.14. The Kier molecular flexibility index (Phi) is 4.19. The van der Waals surface area contributed by atoms with E-state index in [-0.39, 0.29) is 12.1 Å². The minimum atomic E-state index is -0.459. The van der Waals surface area contributed by atoms with Gasteiger partial charge in [-0.25, -0.2) is 4.79 Å². The van der Waals surface area contributed by atoms with Crippen LogP contribution in [0, 0.1) is 0 Å². The Hall–Kier alpha value is -1.03. The summed E-state index contributed by atoms with van der Waals surface area (Å²) >= 11 is 3.58. The average Bonchev–Trinajstić information content (AvgIpc) is 2.28. The second-order valence-corrected chi connectivity index (χ2v) is 6.75. The molecule has 0 unspecified atom stereocenters. The van der Waals surface area contributed by atoms with Crippen LogP contribution >= 0.6 is 15.9 Å². The van der Waals surface area contributed by atoms with Gasteiger partial charge in [0.1, 0.15) is 5.60 Å². The number of nitrogens with one attached hydrogen (secondary N) is 1. The zero-order valence-electron chi connectivity index (χ0n) is 11.6. The molecule has 1 atom stereocenters. The molecule has 3 nitrogen and oxygen atoms in total. The molecule has 0 saturated heterocycles. The maximum absolute atomic E-state index is 11.9. The van der Waals surface area contributed by atoms with E-state index in [2.05, 4.69) is 33.4 Å². The van der Waals surface area contributed by atoms with Crippen LogP contribution in [0.2, 0.25) is 0 Å². The highest BCUT2D eigenvalue weighted by atomic mass is 79.9. The highest BCUT2D eigenvalue weighted by Gasteiger charge is 2.25. The van der Waals surface area contributed by atoms with Crippen LogP contribution in [0.4, 0.5) is 4.79 Å². The molecule has 0 heterocycles. The number of carbonyl (C=O) groups is 1. The molecule has 19 heavy (non-hydrogen) atoms. The summed E-state index contributed by atoms with van der Waals surface area (Å²) in [6, 6.07) is 6.20. The van der Waals surface area contributed by atoms with Crippen molar-refractivity contribution in [3.63, 3.8) is 0 Å². The molecule has 0 fully saturated rings. The molecule has 0 aliphatic heterocycles. The summed E-state index contributed by atoms with van der Waals surface area (Å²) in [6.45, 7) is 5.62. The molecule has 0 saturated carbocycles. The molecule has 4 heteroatoms. The van der Waals surface area contributed by atoms with Crippen molar-refractivity contribution >= 4 is 22.0 Å². The predicted octanol–water partition coefficient (Wildman–Crippen LogP) is 4.35. The molecular formula is C15H20BrNO2. The van der Waals surface area contributed by atoms with Crippen LogP contribution < -0.4 is 5.32 Å². The van der Waals surface area contributed by atoms with Crippen LogP contribution in [0.25, 0.3) is 0 Å². The maximum Gasteiger partial charge on any atom is 0.408 e. The molecule has 1 N–H and O–H groups in total. The third-order valence-corrected chi connectivity index (χ3v) is 3.88. The maximum atomic E-state index is 11.9. The van der Waals surface area contributed by atoms with Gasteiger partial charge >= 0.3 is 6.09 Å². The van der Waals surface area contributed by atoms with Crippen LogP contribution in [0.15, 0.2) is 22.7 Å². The number of amides is 1. The summed E-state index contributed by atoms with van der Waals surface area (Å²) in [5, 5.41) is 2.98. The van der Waals surface area contributed by atoms with Crippen molar-refractivity contribution in [1.29, 1.82) is 0 Å². The van der Waals surface area contributed by atoms with Gasteiger partial charge in [0.2, 0.25) is 0 Å². The lowest BCUT2D eigenvalue weighted by Gasteiger charge is -2.28. The topological polar surface area (TPSA) is 38.3 Å². The number of carbonyl (C=O) groups excluding carboxylic acids is 1. The molecule has 1 aliphatic rings. The van der Waals surface area contributed by atoms with Crippen LogP contribution in [0.3, 0.4) is 0 Å². The molecule has 0 radical (unpaired) electrons. The van der Waals surface area contributed by atoms with E-state index in [0.717, 1.165) is 23.7 Å². The number of ether oxygens (including phenoxy) is 1. The van der Waals surface area contributed by atoms with Crippen molar-refractivity contribution in [1.82, 2.24) is 5.32 Å². The normalized spacial score (nSPS) is 18.6. The standard InChI is InChI=1S/C15H20BrNO2/c1-15(2,3)19-14(18)17-13-9-5-6-10-11(13)7-4-8-12(10)16/h4,7-8,13H,5-6,9H2,1-3H3,(H,17,18)/t13-/m1/s1. The second kappa shape index (κ2) is 5.53. The van der Waals surface area contributed by atoms with Gasteiger partial charge in [0, 0.05) is 4.47 Å². The summed E-state index contributed by atoms with van der Waals surface area (Å²) in [5.74, 6) is 0. The van der Waals surface area contributed by atoms with Gasteiger partial charge in [-0.05, 0) is 57.2 Å². The average molecular weight is 326 g/mol. The number of hydrogen-bond acceptors (Lipinski definition) is 2. The monoisotopic (exact) mass is 325 g/mol. The Bertz CT molecular complexity index is 480. The van der Waals surface area contributed by atoms with Crippen molar-refractivity contribution in [2.45, 2.75) is 51.7 Å². The number of halogens is 1. The largest absolute Gasteiger partial charge is 0.444 e. The Balaban J connectivity index is 2.12. The Labute approximate surface area is 122 Å². The first kappa shape index (κ1) is 14.4. The summed E-state index contributed by atoms with van der Waals surface area (Å²) in [5.41, 5.74) is 2.04. The van der Waals surface area contributed by atoms with Crippen LogP contribution in [0.1, 0.15) is 50.8 Å². The van der Waals surface area contributed by atoms with Gasteiger partial charge in [0.05, 0.1) is 6.04 Å². The van der Waals surface area contributed by atoms with Gasteiger partial charge in [0.15, 0.2) is 0 Å². The molecule has 1 aliphatic carbocycles. The van der Waals surface area contributed by atoms with Gasteiger partial charge in [-0.1, -0.05) is 28.1 Å². The molecule has 1 amide bonds. The number of alkyl carbamates (subject to hydrolysis) is 1. The van der Waals surface area contributed by atoms with Crippen molar-refractivity contribution in [3.8, 4) is 0 Å². The lowest BCUT2D eigenvalue weighted by molar-refractivity contribution is 0.0498. The van der Waals surface area contributed by atoms with E-state index < -0.39 is 5.60 Å². The van der Waals surface area contributed by atoms with Crippen LogP contribution in [-0.2, 0) is 11.2 Å². The predicted molar refractivity (Wildman–Crippen MR) is 79.2 cm³/mol. The molecule has 1 aromatic rings. The van der Waals surface area contributed by atoms with Crippen LogP contribution in [-0.4, -0.2) is 11.7 Å². The van der Waals surface area contributed by atoms with Gasteiger partial charge < -0.3 is 10.1 Å². The summed E-state index contributed by atoms with van der Waals surface area (Å²) in [6.07, 6.45) is 2.76. The zero-order chi connectivity index (χ0) is 14.0. The van der Waals surface area contributed by atoms with Gasteiger partial charge in [0.25, 0.3) is 0 Å². The first-order chi connectivity index (χ1) is 8.87. The van der Waals surface area contributed by atoms with E-state index in [9.17, 15) is 4.79 Å². The highest BCUT2D eigenvalue weighted by Crippen LogP contribution is 2.34. The Morgan fingerprint density at radius 1 is 1.42 bits per heavy atom. The van der Waals surface area contributed by atoms with E-state index in [1.54, 1.807) is 0 Å². The molecule has 0 aromatic heterocycles. The summed E-state index contributed by atoms with van der Waals surface area (Å²) in [7, 11) is 0. The number of rotatable bonds is 1. The van der Waals surface area contributed by atoms with Crippen molar-refractivity contribution in [3.05, 3.63) is 33.8 Å². The first-order valence-corrected chi connectivity index (χ1v) is 7.43. The van der Waals surface area contributed by atoms with Gasteiger partial charge in [-0.15, -0.1) is 0 Å². The van der Waals surface area contributed by atoms with Crippen molar-refractivity contribution < 1.29 is 9.53 Å². The summed E-state index contributed by atoms with van der Waals surface area (Å²) < 4.78 is 6.45. The van der Waals surface area contributed by atoms with E-state index in [1.165, 1.54) is 11.1 Å². The quantitative estimate of drug-likeness (QED) is 0.833. The molecule has 0 spiro atoms. The lowest BCUT2D eigenvalue weighted by atomic mass is 9.88. The number of benzene rings is 1. The van der Waals surface area contributed by atoms with E-state index in [1.807, 2.05) is 26.8 Å².